The maximum Gasteiger partial charge on any atom is 0.308 e. The van der Waals surface area contributed by atoms with Gasteiger partial charge in [0.2, 0.25) is 11.7 Å². The first kappa shape index (κ1) is 21.1. The first-order chi connectivity index (χ1) is 13.5. The summed E-state index contributed by atoms with van der Waals surface area (Å²) in [5.74, 6) is 0.777. The minimum atomic E-state index is -0.453. The van der Waals surface area contributed by atoms with Gasteiger partial charge in [-0.1, -0.05) is 30.3 Å². The van der Waals surface area contributed by atoms with Crippen molar-refractivity contribution in [3.05, 3.63) is 53.6 Å². The van der Waals surface area contributed by atoms with E-state index in [-0.39, 0.29) is 18.9 Å². The molecule has 0 aromatic heterocycles. The number of amides is 1. The average molecular weight is 387 g/mol. The number of methoxy groups -OCH3 is 3. The number of nitrogens with one attached hydrogen (secondary N) is 1. The van der Waals surface area contributed by atoms with Crippen LogP contribution in [0.15, 0.2) is 42.5 Å². The standard InChI is InChI=1S/C21H25NO6/c1-14(23)22-17(16-8-6-5-7-9-16)12-20(24)28-13-15-10-18(25-2)21(27-4)19(11-15)26-3/h5-11,17H,12-13H2,1-4H3,(H,22,23)/t17-/m1/s1. The Labute approximate surface area is 164 Å². The van der Waals surface area contributed by atoms with Crippen LogP contribution in [0.4, 0.5) is 0 Å². The third kappa shape index (κ3) is 5.64. The fourth-order valence-electron chi connectivity index (χ4n) is 2.79. The van der Waals surface area contributed by atoms with Crippen LogP contribution in [0.1, 0.15) is 30.5 Å². The molecule has 0 aliphatic heterocycles. The van der Waals surface area contributed by atoms with Gasteiger partial charge in [0.1, 0.15) is 6.61 Å². The number of carbonyl (C=O) groups is 2. The summed E-state index contributed by atoms with van der Waals surface area (Å²) in [6.45, 7) is 1.45. The van der Waals surface area contributed by atoms with Crippen LogP contribution in [0.3, 0.4) is 0 Å². The molecule has 0 aliphatic rings. The first-order valence-electron chi connectivity index (χ1n) is 8.75. The number of hydrogen-bond acceptors (Lipinski definition) is 6. The maximum atomic E-state index is 12.4. The smallest absolute Gasteiger partial charge is 0.308 e. The normalized spacial score (nSPS) is 11.3. The lowest BCUT2D eigenvalue weighted by molar-refractivity contribution is -0.145. The predicted molar refractivity (Wildman–Crippen MR) is 104 cm³/mol. The van der Waals surface area contributed by atoms with E-state index >= 15 is 0 Å². The van der Waals surface area contributed by atoms with E-state index < -0.39 is 12.0 Å². The Morgan fingerprint density at radius 2 is 1.57 bits per heavy atom. The summed E-state index contributed by atoms with van der Waals surface area (Å²) in [6, 6.07) is 12.3. The molecule has 150 valence electrons. The summed E-state index contributed by atoms with van der Waals surface area (Å²) < 4.78 is 21.3. The Kier molecular flexibility index (Phi) is 7.68. The molecule has 7 nitrogen and oxygen atoms in total. The van der Waals surface area contributed by atoms with Crippen molar-refractivity contribution >= 4 is 11.9 Å². The van der Waals surface area contributed by atoms with E-state index in [0.717, 1.165) is 5.56 Å². The zero-order valence-corrected chi connectivity index (χ0v) is 16.5. The third-order valence-electron chi connectivity index (χ3n) is 4.07. The van der Waals surface area contributed by atoms with Gasteiger partial charge in [-0.2, -0.15) is 0 Å². The lowest BCUT2D eigenvalue weighted by Crippen LogP contribution is -2.28. The van der Waals surface area contributed by atoms with Gasteiger partial charge in [-0.25, -0.2) is 0 Å². The predicted octanol–water partition coefficient (Wildman–Crippen LogP) is 3.02. The number of benzene rings is 2. The van der Waals surface area contributed by atoms with Gasteiger partial charge < -0.3 is 24.3 Å². The number of rotatable bonds is 9. The van der Waals surface area contributed by atoms with E-state index in [1.165, 1.54) is 28.3 Å². The van der Waals surface area contributed by atoms with Crippen molar-refractivity contribution in [2.75, 3.05) is 21.3 Å². The van der Waals surface area contributed by atoms with E-state index in [4.69, 9.17) is 18.9 Å². The van der Waals surface area contributed by atoms with Crippen molar-refractivity contribution in [3.63, 3.8) is 0 Å². The molecule has 1 atom stereocenters. The molecule has 0 radical (unpaired) electrons. The van der Waals surface area contributed by atoms with Crippen LogP contribution in [-0.2, 0) is 20.9 Å². The molecule has 1 amide bonds. The van der Waals surface area contributed by atoms with Gasteiger partial charge in [-0.3, -0.25) is 9.59 Å². The maximum absolute atomic E-state index is 12.4. The van der Waals surface area contributed by atoms with Crippen LogP contribution >= 0.6 is 0 Å². The highest BCUT2D eigenvalue weighted by molar-refractivity contribution is 5.76. The second-order valence-electron chi connectivity index (χ2n) is 6.06. The number of esters is 1. The van der Waals surface area contributed by atoms with E-state index in [1.807, 2.05) is 30.3 Å². The minimum absolute atomic E-state index is 0.0218. The highest BCUT2D eigenvalue weighted by Gasteiger charge is 2.19. The SMILES string of the molecule is COc1cc(COC(=O)C[C@@H](NC(C)=O)c2ccccc2)cc(OC)c1OC. The summed E-state index contributed by atoms with van der Waals surface area (Å²) in [5.41, 5.74) is 1.53. The van der Waals surface area contributed by atoms with Crippen LogP contribution < -0.4 is 19.5 Å². The molecule has 0 spiro atoms. The number of hydrogen-bond donors (Lipinski definition) is 1. The van der Waals surface area contributed by atoms with Crippen molar-refractivity contribution in [1.29, 1.82) is 0 Å². The van der Waals surface area contributed by atoms with Crippen molar-refractivity contribution < 1.29 is 28.5 Å². The van der Waals surface area contributed by atoms with Gasteiger partial charge in [0.25, 0.3) is 0 Å². The Morgan fingerprint density at radius 1 is 0.964 bits per heavy atom. The second kappa shape index (κ2) is 10.2. The zero-order valence-electron chi connectivity index (χ0n) is 16.5. The molecule has 7 heteroatoms. The second-order valence-corrected chi connectivity index (χ2v) is 6.06. The van der Waals surface area contributed by atoms with Gasteiger partial charge in [-0.15, -0.1) is 0 Å². The lowest BCUT2D eigenvalue weighted by atomic mass is 10.0. The third-order valence-corrected chi connectivity index (χ3v) is 4.07. The van der Waals surface area contributed by atoms with Gasteiger partial charge in [0.05, 0.1) is 33.8 Å². The van der Waals surface area contributed by atoms with Gasteiger partial charge in [0.15, 0.2) is 11.5 Å². The molecule has 0 bridgehead atoms. The van der Waals surface area contributed by atoms with Crippen molar-refractivity contribution in [3.8, 4) is 17.2 Å². The molecule has 28 heavy (non-hydrogen) atoms. The fraction of sp³-hybridized carbons (Fsp3) is 0.333. The average Bonchev–Trinajstić information content (AvgIpc) is 2.71. The Morgan fingerprint density at radius 3 is 2.07 bits per heavy atom. The summed E-state index contributed by atoms with van der Waals surface area (Å²) in [6.07, 6.45) is 0.0218. The molecule has 0 saturated carbocycles. The number of carbonyl (C=O) groups excluding carboxylic acids is 2. The Hall–Kier alpha value is -3.22. The quantitative estimate of drug-likeness (QED) is 0.666. The van der Waals surface area contributed by atoms with Crippen LogP contribution in [-0.4, -0.2) is 33.2 Å². The molecule has 2 aromatic rings. The molecule has 1 N–H and O–H groups in total. The van der Waals surface area contributed by atoms with Crippen LogP contribution in [0, 0.1) is 0 Å². The van der Waals surface area contributed by atoms with Crippen molar-refractivity contribution in [2.45, 2.75) is 26.0 Å². The molecule has 2 aromatic carbocycles. The fourth-order valence-corrected chi connectivity index (χ4v) is 2.79. The minimum Gasteiger partial charge on any atom is -0.493 e. The molecular formula is C21H25NO6. The van der Waals surface area contributed by atoms with Crippen LogP contribution in [0.25, 0.3) is 0 Å². The van der Waals surface area contributed by atoms with E-state index in [2.05, 4.69) is 5.32 Å². The molecular weight excluding hydrogens is 362 g/mol. The Bertz CT molecular complexity index is 781. The monoisotopic (exact) mass is 387 g/mol. The molecule has 0 heterocycles. The van der Waals surface area contributed by atoms with Gasteiger partial charge in [0, 0.05) is 6.92 Å². The van der Waals surface area contributed by atoms with E-state index in [0.29, 0.717) is 22.8 Å². The van der Waals surface area contributed by atoms with Crippen molar-refractivity contribution in [1.82, 2.24) is 5.32 Å². The summed E-state index contributed by atoms with van der Waals surface area (Å²) >= 11 is 0. The highest BCUT2D eigenvalue weighted by Crippen LogP contribution is 2.38. The Balaban J connectivity index is 2.07. The first-order valence-corrected chi connectivity index (χ1v) is 8.75. The van der Waals surface area contributed by atoms with E-state index in [9.17, 15) is 9.59 Å². The highest BCUT2D eigenvalue weighted by atomic mass is 16.5. The molecule has 2 rings (SSSR count). The number of ether oxygens (including phenoxy) is 4. The summed E-state index contributed by atoms with van der Waals surface area (Å²) in [4.78, 5) is 23.8. The van der Waals surface area contributed by atoms with Crippen LogP contribution in [0.2, 0.25) is 0 Å². The van der Waals surface area contributed by atoms with Gasteiger partial charge in [-0.05, 0) is 23.3 Å². The summed E-state index contributed by atoms with van der Waals surface area (Å²) in [5, 5.41) is 2.78. The largest absolute Gasteiger partial charge is 0.493 e. The molecule has 0 fully saturated rings. The summed E-state index contributed by atoms with van der Waals surface area (Å²) in [7, 11) is 4.56. The molecule has 0 saturated heterocycles. The van der Waals surface area contributed by atoms with Crippen LogP contribution in [0.5, 0.6) is 17.2 Å². The topological polar surface area (TPSA) is 83.1 Å². The zero-order chi connectivity index (χ0) is 20.5. The molecule has 0 aliphatic carbocycles. The lowest BCUT2D eigenvalue weighted by Gasteiger charge is -2.18. The van der Waals surface area contributed by atoms with Crippen molar-refractivity contribution in [2.24, 2.45) is 0 Å². The molecule has 0 unspecified atom stereocenters. The van der Waals surface area contributed by atoms with Gasteiger partial charge >= 0.3 is 5.97 Å². The van der Waals surface area contributed by atoms with E-state index in [1.54, 1.807) is 12.1 Å².